The first-order valence-corrected chi connectivity index (χ1v) is 12.0. The molecule has 1 aromatic rings. The Labute approximate surface area is 189 Å². The van der Waals surface area contributed by atoms with Crippen LogP contribution in [0.25, 0.3) is 0 Å². The van der Waals surface area contributed by atoms with Crippen LogP contribution in [0, 0.1) is 13.8 Å². The van der Waals surface area contributed by atoms with E-state index in [4.69, 9.17) is 4.74 Å². The minimum Gasteiger partial charge on any atom is -0.381 e. The van der Waals surface area contributed by atoms with Gasteiger partial charge in [0.25, 0.3) is 5.56 Å². The lowest BCUT2D eigenvalue weighted by Crippen LogP contribution is -2.39. The van der Waals surface area contributed by atoms with Gasteiger partial charge in [0, 0.05) is 61.9 Å². The van der Waals surface area contributed by atoms with Crippen LogP contribution in [0.3, 0.4) is 0 Å². The number of likely N-dealkylation sites (N-methyl/N-ethyl adjacent to an activating group) is 1. The van der Waals surface area contributed by atoms with Crippen LogP contribution in [-0.4, -0.2) is 41.3 Å². The molecule has 2 rings (SSSR count). The quantitative estimate of drug-likeness (QED) is 0.518. The van der Waals surface area contributed by atoms with Crippen LogP contribution in [0.1, 0.15) is 70.2 Å². The molecule has 5 heteroatoms. The van der Waals surface area contributed by atoms with Crippen molar-refractivity contribution in [2.75, 3.05) is 19.8 Å². The number of aryl methyl sites for hydroxylation is 2. The lowest BCUT2D eigenvalue weighted by atomic mass is 10.0. The number of aromatic nitrogens is 1. The molecule has 1 aliphatic rings. The number of hydrogen-bond acceptors (Lipinski definition) is 4. The van der Waals surface area contributed by atoms with Crippen LogP contribution in [0.2, 0.25) is 0 Å². The maximum atomic E-state index is 12.9. The number of nitrogens with one attached hydrogen (secondary N) is 1. The van der Waals surface area contributed by atoms with Gasteiger partial charge in [-0.1, -0.05) is 19.6 Å². The maximum Gasteiger partial charge on any atom is 0.255 e. The topological polar surface area (TPSA) is 46.5 Å². The van der Waals surface area contributed by atoms with Crippen LogP contribution in [-0.2, 0) is 17.8 Å². The van der Waals surface area contributed by atoms with Gasteiger partial charge >= 0.3 is 0 Å². The Hall–Kier alpha value is -1.85. The van der Waals surface area contributed by atoms with E-state index < -0.39 is 0 Å². The molecular formula is C26H43N3O2. The van der Waals surface area contributed by atoms with Crippen LogP contribution in [0.4, 0.5) is 0 Å². The highest BCUT2D eigenvalue weighted by molar-refractivity contribution is 5.27. The average molecular weight is 430 g/mol. The van der Waals surface area contributed by atoms with Crippen molar-refractivity contribution in [3.05, 3.63) is 57.2 Å². The fraction of sp³-hybridized carbons (Fsp3) is 0.654. The minimum absolute atomic E-state index is 0.136. The van der Waals surface area contributed by atoms with Gasteiger partial charge in [-0.15, -0.1) is 0 Å². The van der Waals surface area contributed by atoms with E-state index in [-0.39, 0.29) is 5.56 Å². The molecule has 1 atom stereocenters. The second-order valence-electron chi connectivity index (χ2n) is 8.72. The Bertz CT molecular complexity index is 819. The first-order valence-electron chi connectivity index (χ1n) is 12.0. The van der Waals surface area contributed by atoms with Crippen molar-refractivity contribution in [3.63, 3.8) is 0 Å². The van der Waals surface area contributed by atoms with Gasteiger partial charge in [-0.25, -0.2) is 0 Å². The molecule has 1 saturated heterocycles. The Morgan fingerprint density at radius 2 is 2.00 bits per heavy atom. The zero-order valence-corrected chi connectivity index (χ0v) is 20.6. The fourth-order valence-corrected chi connectivity index (χ4v) is 4.63. The molecule has 0 spiro atoms. The summed E-state index contributed by atoms with van der Waals surface area (Å²) in [7, 11) is 0. The molecule has 1 aromatic heterocycles. The summed E-state index contributed by atoms with van der Waals surface area (Å²) in [5.74, 6) is 0. The number of nitrogens with zero attached hydrogens (tertiary/aromatic N) is 2. The van der Waals surface area contributed by atoms with E-state index in [1.165, 1.54) is 5.70 Å². The largest absolute Gasteiger partial charge is 0.381 e. The molecule has 0 aliphatic carbocycles. The highest BCUT2D eigenvalue weighted by atomic mass is 16.5. The molecule has 0 bridgehead atoms. The van der Waals surface area contributed by atoms with E-state index >= 15 is 0 Å². The molecule has 31 heavy (non-hydrogen) atoms. The molecule has 1 aliphatic heterocycles. The van der Waals surface area contributed by atoms with Gasteiger partial charge < -0.3 is 19.5 Å². The molecular weight excluding hydrogens is 386 g/mol. The summed E-state index contributed by atoms with van der Waals surface area (Å²) >= 11 is 0. The van der Waals surface area contributed by atoms with E-state index in [0.29, 0.717) is 25.2 Å². The molecule has 1 N–H and O–H groups in total. The van der Waals surface area contributed by atoms with Crippen LogP contribution < -0.4 is 10.9 Å². The van der Waals surface area contributed by atoms with E-state index in [2.05, 4.69) is 49.7 Å². The van der Waals surface area contributed by atoms with Gasteiger partial charge in [0.1, 0.15) is 0 Å². The molecule has 2 heterocycles. The minimum atomic E-state index is 0.136. The Morgan fingerprint density at radius 1 is 1.32 bits per heavy atom. The lowest BCUT2D eigenvalue weighted by molar-refractivity contribution is 0.0477. The highest BCUT2D eigenvalue weighted by Crippen LogP contribution is 2.24. The van der Waals surface area contributed by atoms with Crippen molar-refractivity contribution in [1.82, 2.24) is 14.8 Å². The molecule has 0 saturated carbocycles. The summed E-state index contributed by atoms with van der Waals surface area (Å²) in [6, 6.07) is 2.96. The maximum absolute atomic E-state index is 12.9. The Balaban J connectivity index is 2.13. The molecule has 1 fully saturated rings. The number of ether oxygens (including phenoxy) is 1. The van der Waals surface area contributed by atoms with Gasteiger partial charge in [-0.05, 0) is 77.5 Å². The van der Waals surface area contributed by atoms with Crippen molar-refractivity contribution in [2.24, 2.45) is 0 Å². The van der Waals surface area contributed by atoms with Gasteiger partial charge in [0.15, 0.2) is 0 Å². The predicted octanol–water partition coefficient (Wildman–Crippen LogP) is 4.70. The average Bonchev–Trinajstić information content (AvgIpc) is 2.75. The number of rotatable bonds is 11. The Morgan fingerprint density at radius 3 is 2.55 bits per heavy atom. The van der Waals surface area contributed by atoms with Crippen molar-refractivity contribution in [3.8, 4) is 0 Å². The Kier molecular flexibility index (Phi) is 10.0. The van der Waals surface area contributed by atoms with Gasteiger partial charge in [0.05, 0.1) is 0 Å². The van der Waals surface area contributed by atoms with Crippen LogP contribution in [0.5, 0.6) is 0 Å². The third kappa shape index (κ3) is 6.56. The normalized spacial score (nSPS) is 16.4. The van der Waals surface area contributed by atoms with E-state index in [0.717, 1.165) is 67.8 Å². The summed E-state index contributed by atoms with van der Waals surface area (Å²) in [4.78, 5) is 15.4. The summed E-state index contributed by atoms with van der Waals surface area (Å²) in [6.45, 7) is 20.8. The first-order chi connectivity index (χ1) is 14.8. The molecule has 174 valence electrons. The molecule has 0 radical (unpaired) electrons. The zero-order valence-electron chi connectivity index (χ0n) is 20.6. The predicted molar refractivity (Wildman–Crippen MR) is 131 cm³/mol. The number of pyridine rings is 1. The van der Waals surface area contributed by atoms with E-state index in [1.54, 1.807) is 0 Å². The second-order valence-corrected chi connectivity index (χ2v) is 8.72. The number of allylic oxidation sites excluding steroid dienone is 1. The summed E-state index contributed by atoms with van der Waals surface area (Å²) in [5, 5.41) is 3.64. The van der Waals surface area contributed by atoms with Crippen molar-refractivity contribution in [1.29, 1.82) is 0 Å². The molecule has 1 unspecified atom stereocenters. The van der Waals surface area contributed by atoms with E-state index in [1.807, 2.05) is 25.3 Å². The van der Waals surface area contributed by atoms with Crippen molar-refractivity contribution >= 4 is 0 Å². The smallest absolute Gasteiger partial charge is 0.255 e. The second kappa shape index (κ2) is 12.3. The molecule has 0 aromatic carbocycles. The van der Waals surface area contributed by atoms with Crippen LogP contribution >= 0.6 is 0 Å². The van der Waals surface area contributed by atoms with E-state index in [9.17, 15) is 4.79 Å². The van der Waals surface area contributed by atoms with Gasteiger partial charge in [-0.2, -0.15) is 0 Å². The van der Waals surface area contributed by atoms with Crippen molar-refractivity contribution in [2.45, 2.75) is 92.4 Å². The summed E-state index contributed by atoms with van der Waals surface area (Å²) in [6.07, 6.45) is 6.42. The molecule has 5 nitrogen and oxygen atoms in total. The van der Waals surface area contributed by atoms with Crippen LogP contribution in [0.15, 0.2) is 34.8 Å². The highest BCUT2D eigenvalue weighted by Gasteiger charge is 2.22. The summed E-state index contributed by atoms with van der Waals surface area (Å²) in [5.41, 5.74) is 5.49. The fourth-order valence-electron chi connectivity index (χ4n) is 4.63. The van der Waals surface area contributed by atoms with Gasteiger partial charge in [-0.3, -0.25) is 4.79 Å². The standard InChI is InChI=1S/C26H43N3O2/c1-8-22(27-18-24-20(6)17-21(7)28(9-2)26(24)30)11-12-25(19(4)5)29(10-3)23-13-15-31-16-14-23/h12,17,22-23,27H,4,8-11,13-16,18H2,1-3,5-7H3/b25-12+. The third-order valence-corrected chi connectivity index (χ3v) is 6.52. The monoisotopic (exact) mass is 429 g/mol. The third-order valence-electron chi connectivity index (χ3n) is 6.52. The molecule has 0 amide bonds. The lowest BCUT2D eigenvalue weighted by Gasteiger charge is -2.37. The number of hydrogen-bond donors (Lipinski definition) is 1. The van der Waals surface area contributed by atoms with Gasteiger partial charge in [0.2, 0.25) is 0 Å². The first kappa shape index (κ1) is 25.4. The SMILES string of the molecule is C=C(C)/C(=C\CC(CC)NCc1c(C)cc(C)n(CC)c1=O)N(CC)C1CCOCC1. The summed E-state index contributed by atoms with van der Waals surface area (Å²) < 4.78 is 7.42. The zero-order chi connectivity index (χ0) is 23.0. The van der Waals surface area contributed by atoms with Crippen molar-refractivity contribution < 1.29 is 4.74 Å².